The summed E-state index contributed by atoms with van der Waals surface area (Å²) in [4.78, 5) is 23.0. The lowest BCUT2D eigenvalue weighted by molar-refractivity contribution is -0.126. The van der Waals surface area contributed by atoms with Crippen LogP contribution in [0.3, 0.4) is 0 Å². The number of carbonyl (C=O) groups is 2. The average molecular weight is 238 g/mol. The number of hydrogen-bond donors (Lipinski definition) is 2. The van der Waals surface area contributed by atoms with Crippen molar-refractivity contribution in [3.05, 3.63) is 0 Å². The average Bonchev–Trinajstić information content (AvgIpc) is 2.90. The number of amides is 2. The summed E-state index contributed by atoms with van der Waals surface area (Å²) in [6.45, 7) is 4.79. The molecule has 0 aromatic rings. The summed E-state index contributed by atoms with van der Waals surface area (Å²) < 4.78 is 0. The topological polar surface area (TPSA) is 58.2 Å². The van der Waals surface area contributed by atoms with Gasteiger partial charge in [-0.05, 0) is 31.1 Å². The van der Waals surface area contributed by atoms with Crippen LogP contribution in [-0.2, 0) is 9.59 Å². The molecule has 0 spiro atoms. The van der Waals surface area contributed by atoms with Crippen molar-refractivity contribution in [2.24, 2.45) is 23.7 Å². The molecule has 2 aliphatic carbocycles. The number of fused-ring (bicyclic) bond motifs is 1. The van der Waals surface area contributed by atoms with Crippen LogP contribution in [0, 0.1) is 23.7 Å². The van der Waals surface area contributed by atoms with Gasteiger partial charge in [0.15, 0.2) is 0 Å². The van der Waals surface area contributed by atoms with Crippen molar-refractivity contribution < 1.29 is 9.59 Å². The van der Waals surface area contributed by atoms with E-state index in [1.165, 1.54) is 6.42 Å². The minimum atomic E-state index is 0.00708. The predicted molar refractivity (Wildman–Crippen MR) is 65.2 cm³/mol. The lowest BCUT2D eigenvalue weighted by atomic mass is 10.0. The molecule has 0 aromatic carbocycles. The van der Waals surface area contributed by atoms with Crippen molar-refractivity contribution >= 4 is 11.8 Å². The Kier molecular flexibility index (Phi) is 3.69. The second-order valence-corrected chi connectivity index (χ2v) is 5.66. The van der Waals surface area contributed by atoms with Crippen molar-refractivity contribution in [3.8, 4) is 0 Å². The van der Waals surface area contributed by atoms with E-state index < -0.39 is 0 Å². The van der Waals surface area contributed by atoms with Crippen molar-refractivity contribution in [1.82, 2.24) is 10.6 Å². The normalized spacial score (nSPS) is 29.9. The minimum absolute atomic E-state index is 0.00708. The van der Waals surface area contributed by atoms with Crippen molar-refractivity contribution in [1.29, 1.82) is 0 Å². The van der Waals surface area contributed by atoms with Gasteiger partial charge in [0.05, 0.1) is 0 Å². The van der Waals surface area contributed by atoms with Crippen LogP contribution >= 0.6 is 0 Å². The van der Waals surface area contributed by atoms with Crippen molar-refractivity contribution in [2.45, 2.75) is 33.1 Å². The van der Waals surface area contributed by atoms with Crippen molar-refractivity contribution in [3.63, 3.8) is 0 Å². The molecular formula is C13H22N2O2. The lowest BCUT2D eigenvalue weighted by Crippen LogP contribution is -2.38. The molecule has 0 radical (unpaired) electrons. The molecule has 96 valence electrons. The molecule has 4 heteroatoms. The third-order valence-electron chi connectivity index (χ3n) is 3.86. The molecule has 0 aliphatic heterocycles. The van der Waals surface area contributed by atoms with Crippen LogP contribution in [0.5, 0.6) is 0 Å². The first kappa shape index (κ1) is 12.4. The highest BCUT2D eigenvalue weighted by Crippen LogP contribution is 2.54. The summed E-state index contributed by atoms with van der Waals surface area (Å²) >= 11 is 0. The fourth-order valence-corrected chi connectivity index (χ4v) is 2.65. The van der Waals surface area contributed by atoms with Gasteiger partial charge < -0.3 is 10.6 Å². The highest BCUT2D eigenvalue weighted by Gasteiger charge is 2.47. The number of carbonyl (C=O) groups excluding carboxylic acids is 2. The van der Waals surface area contributed by atoms with Crippen LogP contribution in [0.2, 0.25) is 0 Å². The van der Waals surface area contributed by atoms with Crippen LogP contribution in [0.15, 0.2) is 0 Å². The Morgan fingerprint density at radius 1 is 1.06 bits per heavy atom. The smallest absolute Gasteiger partial charge is 0.223 e. The molecule has 2 aliphatic rings. The van der Waals surface area contributed by atoms with Crippen LogP contribution in [-0.4, -0.2) is 24.9 Å². The first-order valence-electron chi connectivity index (χ1n) is 6.63. The highest BCUT2D eigenvalue weighted by molar-refractivity contribution is 5.79. The van der Waals surface area contributed by atoms with Gasteiger partial charge in [-0.1, -0.05) is 13.8 Å². The second kappa shape index (κ2) is 5.07. The zero-order valence-electron chi connectivity index (χ0n) is 10.7. The van der Waals surface area contributed by atoms with Gasteiger partial charge in [0.25, 0.3) is 0 Å². The van der Waals surface area contributed by atoms with E-state index >= 15 is 0 Å². The van der Waals surface area contributed by atoms with Crippen LogP contribution < -0.4 is 10.6 Å². The SMILES string of the molecule is CC(C)C(=O)NCCNC(=O)C1CC2CC2C1. The molecule has 0 saturated heterocycles. The molecular weight excluding hydrogens is 216 g/mol. The zero-order valence-corrected chi connectivity index (χ0v) is 10.7. The van der Waals surface area contributed by atoms with Gasteiger partial charge in [-0.25, -0.2) is 0 Å². The quantitative estimate of drug-likeness (QED) is 0.700. The Hall–Kier alpha value is -1.06. The number of rotatable bonds is 5. The van der Waals surface area contributed by atoms with Gasteiger partial charge in [-0.3, -0.25) is 9.59 Å². The largest absolute Gasteiger partial charge is 0.354 e. The maximum atomic E-state index is 11.8. The Morgan fingerprint density at radius 3 is 2.24 bits per heavy atom. The Balaban J connectivity index is 1.56. The molecule has 0 bridgehead atoms. The molecule has 2 unspecified atom stereocenters. The first-order valence-corrected chi connectivity index (χ1v) is 6.63. The van der Waals surface area contributed by atoms with Crippen LogP contribution in [0.4, 0.5) is 0 Å². The van der Waals surface area contributed by atoms with E-state index in [0.717, 1.165) is 24.7 Å². The number of hydrogen-bond acceptors (Lipinski definition) is 2. The molecule has 2 atom stereocenters. The van der Waals surface area contributed by atoms with Crippen LogP contribution in [0.25, 0.3) is 0 Å². The maximum absolute atomic E-state index is 11.8. The third kappa shape index (κ3) is 3.20. The summed E-state index contributed by atoms with van der Waals surface area (Å²) in [6, 6.07) is 0. The highest BCUT2D eigenvalue weighted by atomic mass is 16.2. The van der Waals surface area contributed by atoms with E-state index in [2.05, 4.69) is 10.6 Å². The van der Waals surface area contributed by atoms with Gasteiger partial charge in [0.2, 0.25) is 11.8 Å². The summed E-state index contributed by atoms with van der Waals surface area (Å²) in [6.07, 6.45) is 3.50. The van der Waals surface area contributed by atoms with E-state index in [4.69, 9.17) is 0 Å². The third-order valence-corrected chi connectivity index (χ3v) is 3.86. The fourth-order valence-electron chi connectivity index (χ4n) is 2.65. The predicted octanol–water partition coefficient (Wildman–Crippen LogP) is 0.921. The first-order chi connectivity index (χ1) is 8.08. The van der Waals surface area contributed by atoms with E-state index in [9.17, 15) is 9.59 Å². The molecule has 2 fully saturated rings. The molecule has 17 heavy (non-hydrogen) atoms. The summed E-state index contributed by atoms with van der Waals surface area (Å²) in [5.41, 5.74) is 0. The van der Waals surface area contributed by atoms with Crippen LogP contribution in [0.1, 0.15) is 33.1 Å². The molecule has 0 aromatic heterocycles. The standard InChI is InChI=1S/C13H22N2O2/c1-8(2)12(16)14-3-4-15-13(17)11-6-9-5-10(9)7-11/h8-11H,3-7H2,1-2H3,(H,14,16)(H,15,17). The molecule has 2 N–H and O–H groups in total. The van der Waals surface area contributed by atoms with E-state index in [-0.39, 0.29) is 23.7 Å². The summed E-state index contributed by atoms with van der Waals surface area (Å²) in [5, 5.41) is 5.70. The second-order valence-electron chi connectivity index (χ2n) is 5.66. The van der Waals surface area contributed by atoms with Gasteiger partial charge in [0, 0.05) is 24.9 Å². The summed E-state index contributed by atoms with van der Waals surface area (Å²) in [7, 11) is 0. The molecule has 2 amide bonds. The maximum Gasteiger partial charge on any atom is 0.223 e. The van der Waals surface area contributed by atoms with E-state index in [1.807, 2.05) is 13.8 Å². The van der Waals surface area contributed by atoms with Gasteiger partial charge in [-0.2, -0.15) is 0 Å². The van der Waals surface area contributed by atoms with Gasteiger partial charge >= 0.3 is 0 Å². The number of nitrogens with one attached hydrogen (secondary N) is 2. The Morgan fingerprint density at radius 2 is 1.65 bits per heavy atom. The molecule has 4 nitrogen and oxygen atoms in total. The van der Waals surface area contributed by atoms with Gasteiger partial charge in [-0.15, -0.1) is 0 Å². The van der Waals surface area contributed by atoms with E-state index in [0.29, 0.717) is 13.1 Å². The Labute approximate surface area is 103 Å². The lowest BCUT2D eigenvalue weighted by Gasteiger charge is -2.13. The minimum Gasteiger partial charge on any atom is -0.354 e. The monoisotopic (exact) mass is 238 g/mol. The van der Waals surface area contributed by atoms with E-state index in [1.54, 1.807) is 0 Å². The zero-order chi connectivity index (χ0) is 12.4. The van der Waals surface area contributed by atoms with Gasteiger partial charge in [0.1, 0.15) is 0 Å². The fraction of sp³-hybridized carbons (Fsp3) is 0.846. The summed E-state index contributed by atoms with van der Waals surface area (Å²) in [5.74, 6) is 2.14. The Bertz CT molecular complexity index is 305. The molecule has 0 heterocycles. The molecule has 2 rings (SSSR count). The molecule has 2 saturated carbocycles. The van der Waals surface area contributed by atoms with Crippen molar-refractivity contribution in [2.75, 3.05) is 13.1 Å².